The highest BCUT2D eigenvalue weighted by Crippen LogP contribution is 2.36. The lowest BCUT2D eigenvalue weighted by molar-refractivity contribution is -0.124. The molecule has 0 N–H and O–H groups in total. The summed E-state index contributed by atoms with van der Waals surface area (Å²) in [5.74, 6) is 0.370. The van der Waals surface area contributed by atoms with Gasteiger partial charge < -0.3 is 14.4 Å². The fourth-order valence-corrected chi connectivity index (χ4v) is 2.55. The van der Waals surface area contributed by atoms with Gasteiger partial charge in [-0.15, -0.1) is 0 Å². The predicted octanol–water partition coefficient (Wildman–Crippen LogP) is 3.15. The first-order chi connectivity index (χ1) is 10.6. The van der Waals surface area contributed by atoms with Gasteiger partial charge in [0.15, 0.2) is 17.6 Å². The van der Waals surface area contributed by atoms with Crippen molar-refractivity contribution < 1.29 is 18.7 Å². The Morgan fingerprint density at radius 3 is 2.73 bits per heavy atom. The molecule has 0 radical (unpaired) electrons. The average molecular weight is 301 g/mol. The zero-order valence-electron chi connectivity index (χ0n) is 12.4. The van der Waals surface area contributed by atoms with Crippen molar-refractivity contribution in [3.8, 4) is 11.5 Å². The van der Waals surface area contributed by atoms with Crippen LogP contribution in [0.3, 0.4) is 0 Å². The van der Waals surface area contributed by atoms with Crippen LogP contribution in [0.5, 0.6) is 11.5 Å². The molecule has 0 spiro atoms. The minimum atomic E-state index is -0.725. The molecule has 1 amide bonds. The molecule has 2 aromatic rings. The van der Waals surface area contributed by atoms with Crippen LogP contribution in [0.1, 0.15) is 12.5 Å². The number of para-hydroxylation sites is 2. The summed E-state index contributed by atoms with van der Waals surface area (Å²) in [6.07, 6.45) is -0.725. The Balaban J connectivity index is 2.09. The van der Waals surface area contributed by atoms with Gasteiger partial charge in [-0.05, 0) is 25.1 Å². The van der Waals surface area contributed by atoms with Crippen molar-refractivity contribution in [2.75, 3.05) is 12.0 Å². The number of benzene rings is 2. The van der Waals surface area contributed by atoms with Gasteiger partial charge in [0.25, 0.3) is 5.91 Å². The van der Waals surface area contributed by atoms with E-state index in [0.717, 1.165) is 5.56 Å². The number of halogens is 1. The van der Waals surface area contributed by atoms with Gasteiger partial charge in [-0.2, -0.15) is 0 Å². The highest BCUT2D eigenvalue weighted by molar-refractivity contribution is 5.97. The molecule has 5 heteroatoms. The van der Waals surface area contributed by atoms with Gasteiger partial charge in [-0.3, -0.25) is 4.79 Å². The quantitative estimate of drug-likeness (QED) is 0.855. The maximum absolute atomic E-state index is 14.1. The second-order valence-corrected chi connectivity index (χ2v) is 5.08. The minimum Gasteiger partial charge on any atom is -0.493 e. The summed E-state index contributed by atoms with van der Waals surface area (Å²) in [6.45, 7) is 1.88. The van der Waals surface area contributed by atoms with E-state index in [1.807, 2.05) is 12.1 Å². The maximum Gasteiger partial charge on any atom is 0.268 e. The SMILES string of the molecule is COc1cccc2c1O[C@@H](C)C(=O)N(c1ccccc1F)C2. The van der Waals surface area contributed by atoms with E-state index >= 15 is 0 Å². The summed E-state index contributed by atoms with van der Waals surface area (Å²) in [7, 11) is 1.55. The van der Waals surface area contributed by atoms with Crippen molar-refractivity contribution >= 4 is 11.6 Å². The molecular weight excluding hydrogens is 285 g/mol. The van der Waals surface area contributed by atoms with Crippen molar-refractivity contribution in [1.29, 1.82) is 0 Å². The first-order valence-corrected chi connectivity index (χ1v) is 7.00. The highest BCUT2D eigenvalue weighted by atomic mass is 19.1. The largest absolute Gasteiger partial charge is 0.493 e. The highest BCUT2D eigenvalue weighted by Gasteiger charge is 2.31. The second-order valence-electron chi connectivity index (χ2n) is 5.08. The number of rotatable bonds is 2. The maximum atomic E-state index is 14.1. The number of hydrogen-bond acceptors (Lipinski definition) is 3. The molecule has 1 atom stereocenters. The van der Waals surface area contributed by atoms with E-state index in [-0.39, 0.29) is 18.1 Å². The van der Waals surface area contributed by atoms with Crippen LogP contribution in [0, 0.1) is 5.82 Å². The molecule has 3 rings (SSSR count). The average Bonchev–Trinajstić information content (AvgIpc) is 2.65. The van der Waals surface area contributed by atoms with Crippen molar-refractivity contribution in [3.63, 3.8) is 0 Å². The van der Waals surface area contributed by atoms with Gasteiger partial charge in [0.05, 0.1) is 19.3 Å². The van der Waals surface area contributed by atoms with Crippen molar-refractivity contribution in [2.24, 2.45) is 0 Å². The smallest absolute Gasteiger partial charge is 0.268 e. The topological polar surface area (TPSA) is 38.8 Å². The van der Waals surface area contributed by atoms with E-state index in [1.54, 1.807) is 38.3 Å². The van der Waals surface area contributed by atoms with Crippen molar-refractivity contribution in [3.05, 3.63) is 53.8 Å². The van der Waals surface area contributed by atoms with Crippen LogP contribution >= 0.6 is 0 Å². The number of amides is 1. The predicted molar refractivity (Wildman–Crippen MR) is 80.7 cm³/mol. The number of fused-ring (bicyclic) bond motifs is 1. The van der Waals surface area contributed by atoms with E-state index < -0.39 is 11.9 Å². The third-order valence-electron chi connectivity index (χ3n) is 3.66. The molecule has 0 saturated heterocycles. The van der Waals surface area contributed by atoms with E-state index in [1.165, 1.54) is 11.0 Å². The molecule has 0 fully saturated rings. The summed E-state index contributed by atoms with van der Waals surface area (Å²) in [6, 6.07) is 11.7. The summed E-state index contributed by atoms with van der Waals surface area (Å²) >= 11 is 0. The lowest BCUT2D eigenvalue weighted by atomic mass is 10.1. The Kier molecular flexibility index (Phi) is 3.71. The molecule has 1 aliphatic heterocycles. The first kappa shape index (κ1) is 14.4. The number of anilines is 1. The van der Waals surface area contributed by atoms with Crippen LogP contribution in [0.4, 0.5) is 10.1 Å². The van der Waals surface area contributed by atoms with Gasteiger partial charge >= 0.3 is 0 Å². The number of ether oxygens (including phenoxy) is 2. The van der Waals surface area contributed by atoms with Crippen molar-refractivity contribution in [1.82, 2.24) is 0 Å². The molecule has 2 aromatic carbocycles. The Hall–Kier alpha value is -2.56. The van der Waals surface area contributed by atoms with Gasteiger partial charge in [0.2, 0.25) is 0 Å². The molecule has 0 bridgehead atoms. The van der Waals surface area contributed by atoms with Crippen LogP contribution in [-0.2, 0) is 11.3 Å². The molecule has 1 heterocycles. The Labute approximate surface area is 128 Å². The van der Waals surface area contributed by atoms with Gasteiger partial charge in [-0.25, -0.2) is 4.39 Å². The van der Waals surface area contributed by atoms with E-state index in [2.05, 4.69) is 0 Å². The molecular formula is C17H16FNO3. The third-order valence-corrected chi connectivity index (χ3v) is 3.66. The number of carbonyl (C=O) groups excluding carboxylic acids is 1. The lowest BCUT2D eigenvalue weighted by Gasteiger charge is -2.22. The zero-order chi connectivity index (χ0) is 15.7. The van der Waals surface area contributed by atoms with Gasteiger partial charge in [-0.1, -0.05) is 24.3 Å². The van der Waals surface area contributed by atoms with E-state index in [9.17, 15) is 9.18 Å². The van der Waals surface area contributed by atoms with Crippen LogP contribution in [0.15, 0.2) is 42.5 Å². The Morgan fingerprint density at radius 2 is 2.00 bits per heavy atom. The number of hydrogen-bond donors (Lipinski definition) is 0. The van der Waals surface area contributed by atoms with Crippen LogP contribution in [0.25, 0.3) is 0 Å². The standard InChI is InChI=1S/C17H16FNO3/c1-11-17(20)19(14-8-4-3-7-13(14)18)10-12-6-5-9-15(21-2)16(12)22-11/h3-9,11H,10H2,1-2H3/t11-/m0/s1. The summed E-state index contributed by atoms with van der Waals surface area (Å²) in [4.78, 5) is 14.0. The molecule has 0 aromatic heterocycles. The monoisotopic (exact) mass is 301 g/mol. The molecule has 1 aliphatic rings. The third kappa shape index (κ3) is 2.39. The minimum absolute atomic E-state index is 0.233. The molecule has 114 valence electrons. The van der Waals surface area contributed by atoms with E-state index in [4.69, 9.17) is 9.47 Å². The number of nitrogens with zero attached hydrogens (tertiary/aromatic N) is 1. The van der Waals surface area contributed by atoms with Gasteiger partial charge in [0.1, 0.15) is 5.82 Å². The number of methoxy groups -OCH3 is 1. The Bertz CT molecular complexity index is 717. The molecule has 0 saturated carbocycles. The molecule has 0 unspecified atom stereocenters. The number of carbonyl (C=O) groups is 1. The fourth-order valence-electron chi connectivity index (χ4n) is 2.55. The summed E-state index contributed by atoms with van der Waals surface area (Å²) < 4.78 is 25.1. The molecule has 0 aliphatic carbocycles. The normalized spacial score (nSPS) is 17.5. The van der Waals surface area contributed by atoms with Crippen molar-refractivity contribution in [2.45, 2.75) is 19.6 Å². The summed E-state index contributed by atoms with van der Waals surface area (Å²) in [5.41, 5.74) is 1.03. The Morgan fingerprint density at radius 1 is 1.23 bits per heavy atom. The lowest BCUT2D eigenvalue weighted by Crippen LogP contribution is -2.38. The molecule has 4 nitrogen and oxygen atoms in total. The van der Waals surface area contributed by atoms with E-state index in [0.29, 0.717) is 11.5 Å². The summed E-state index contributed by atoms with van der Waals surface area (Å²) in [5, 5.41) is 0. The van der Waals surface area contributed by atoms with Crippen LogP contribution in [-0.4, -0.2) is 19.1 Å². The fraction of sp³-hybridized carbons (Fsp3) is 0.235. The van der Waals surface area contributed by atoms with Crippen LogP contribution in [0.2, 0.25) is 0 Å². The second kappa shape index (κ2) is 5.67. The first-order valence-electron chi connectivity index (χ1n) is 7.00. The van der Waals surface area contributed by atoms with Gasteiger partial charge in [0, 0.05) is 5.56 Å². The van der Waals surface area contributed by atoms with Crippen LogP contribution < -0.4 is 14.4 Å². The molecule has 22 heavy (non-hydrogen) atoms. The zero-order valence-corrected chi connectivity index (χ0v) is 12.4.